The number of fused-ring (bicyclic) bond motifs is 1. The van der Waals surface area contributed by atoms with E-state index >= 15 is 0 Å². The van der Waals surface area contributed by atoms with Crippen LogP contribution in [0.2, 0.25) is 0 Å². The van der Waals surface area contributed by atoms with Crippen molar-refractivity contribution in [2.75, 3.05) is 13.2 Å². The Morgan fingerprint density at radius 2 is 2.20 bits per heavy atom. The Kier molecular flexibility index (Phi) is 3.74. The average Bonchev–Trinajstić information content (AvgIpc) is 2.40. The number of ether oxygens (including phenoxy) is 2. The second kappa shape index (κ2) is 5.38. The van der Waals surface area contributed by atoms with Crippen molar-refractivity contribution in [3.8, 4) is 5.75 Å². The summed E-state index contributed by atoms with van der Waals surface area (Å²) in [6.07, 6.45) is 3.32. The van der Waals surface area contributed by atoms with Gasteiger partial charge in [-0.15, -0.1) is 0 Å². The van der Waals surface area contributed by atoms with Gasteiger partial charge in [-0.05, 0) is 26.5 Å². The monoisotopic (exact) mass is 275 g/mol. The third-order valence-corrected chi connectivity index (χ3v) is 4.51. The molecule has 0 radical (unpaired) electrons. The molecule has 3 rings (SSSR count). The van der Waals surface area contributed by atoms with Gasteiger partial charge in [-0.3, -0.25) is 0 Å². The van der Waals surface area contributed by atoms with E-state index in [2.05, 4.69) is 44.3 Å². The summed E-state index contributed by atoms with van der Waals surface area (Å²) >= 11 is 0. The largest absolute Gasteiger partial charge is 0.487 e. The molecule has 0 saturated carbocycles. The first-order valence-corrected chi connectivity index (χ1v) is 7.76. The highest BCUT2D eigenvalue weighted by molar-refractivity contribution is 5.41. The van der Waals surface area contributed by atoms with Crippen LogP contribution in [-0.4, -0.2) is 24.9 Å². The van der Waals surface area contributed by atoms with Crippen molar-refractivity contribution in [2.45, 2.75) is 57.8 Å². The topological polar surface area (TPSA) is 30.5 Å². The predicted molar refractivity (Wildman–Crippen MR) is 80.2 cm³/mol. The lowest BCUT2D eigenvalue weighted by atomic mass is 9.80. The molecule has 3 heteroatoms. The highest BCUT2D eigenvalue weighted by atomic mass is 16.5. The molecule has 0 bridgehead atoms. The first-order valence-electron chi connectivity index (χ1n) is 7.76. The molecule has 1 spiro atoms. The smallest absolute Gasteiger partial charge is 0.124 e. The van der Waals surface area contributed by atoms with Gasteiger partial charge in [0.25, 0.3) is 0 Å². The van der Waals surface area contributed by atoms with Crippen LogP contribution in [0, 0.1) is 6.92 Å². The van der Waals surface area contributed by atoms with E-state index in [4.69, 9.17) is 9.47 Å². The maximum atomic E-state index is 6.44. The highest BCUT2D eigenvalue weighted by Crippen LogP contribution is 2.45. The van der Waals surface area contributed by atoms with Crippen LogP contribution in [0.1, 0.15) is 50.3 Å². The summed E-state index contributed by atoms with van der Waals surface area (Å²) in [5.41, 5.74) is 2.57. The molecule has 2 heterocycles. The quantitative estimate of drug-likeness (QED) is 0.897. The van der Waals surface area contributed by atoms with E-state index < -0.39 is 0 Å². The first kappa shape index (κ1) is 13.9. The molecule has 0 amide bonds. The van der Waals surface area contributed by atoms with Gasteiger partial charge in [0.1, 0.15) is 11.4 Å². The zero-order valence-corrected chi connectivity index (χ0v) is 12.7. The van der Waals surface area contributed by atoms with Crippen molar-refractivity contribution in [3.63, 3.8) is 0 Å². The Labute approximate surface area is 121 Å². The summed E-state index contributed by atoms with van der Waals surface area (Å²) in [5, 5.41) is 3.63. The van der Waals surface area contributed by atoms with Gasteiger partial charge in [-0.25, -0.2) is 0 Å². The highest BCUT2D eigenvalue weighted by Gasteiger charge is 2.43. The van der Waals surface area contributed by atoms with Gasteiger partial charge in [0.15, 0.2) is 0 Å². The molecule has 1 N–H and O–H groups in total. The maximum Gasteiger partial charge on any atom is 0.124 e. The fourth-order valence-corrected chi connectivity index (χ4v) is 3.63. The van der Waals surface area contributed by atoms with E-state index in [1.807, 2.05) is 0 Å². The zero-order chi connectivity index (χ0) is 14.2. The fourth-order valence-electron chi connectivity index (χ4n) is 3.63. The molecule has 1 aromatic rings. The fraction of sp³-hybridized carbons (Fsp3) is 0.647. The second-order valence-corrected chi connectivity index (χ2v) is 6.28. The lowest BCUT2D eigenvalue weighted by Gasteiger charge is -2.46. The number of aryl methyl sites for hydroxylation is 1. The molecule has 110 valence electrons. The van der Waals surface area contributed by atoms with Crippen LogP contribution in [0.25, 0.3) is 0 Å². The SMILES string of the molecule is CCNC1CC2(CCOC(C)C2)Oc2ccc(C)cc21. The zero-order valence-electron chi connectivity index (χ0n) is 12.7. The van der Waals surface area contributed by atoms with Gasteiger partial charge >= 0.3 is 0 Å². The summed E-state index contributed by atoms with van der Waals surface area (Å²) in [6, 6.07) is 6.94. The van der Waals surface area contributed by atoms with Crippen LogP contribution >= 0.6 is 0 Å². The molecule has 20 heavy (non-hydrogen) atoms. The molecule has 3 atom stereocenters. The number of hydrogen-bond acceptors (Lipinski definition) is 3. The van der Waals surface area contributed by atoms with Crippen molar-refractivity contribution in [3.05, 3.63) is 29.3 Å². The summed E-state index contributed by atoms with van der Waals surface area (Å²) in [5.74, 6) is 1.06. The first-order chi connectivity index (χ1) is 9.62. The number of benzene rings is 1. The third kappa shape index (κ3) is 2.57. The van der Waals surface area contributed by atoms with Gasteiger partial charge in [-0.1, -0.05) is 24.6 Å². The molecular formula is C17H25NO2. The molecule has 2 aliphatic rings. The van der Waals surface area contributed by atoms with Gasteiger partial charge in [-0.2, -0.15) is 0 Å². The van der Waals surface area contributed by atoms with Crippen molar-refractivity contribution in [1.29, 1.82) is 0 Å². The van der Waals surface area contributed by atoms with E-state index in [0.29, 0.717) is 6.04 Å². The van der Waals surface area contributed by atoms with Crippen molar-refractivity contribution in [2.24, 2.45) is 0 Å². The van der Waals surface area contributed by atoms with E-state index in [9.17, 15) is 0 Å². The summed E-state index contributed by atoms with van der Waals surface area (Å²) in [4.78, 5) is 0. The Morgan fingerprint density at radius 3 is 2.95 bits per heavy atom. The molecule has 3 nitrogen and oxygen atoms in total. The molecule has 1 fully saturated rings. The number of nitrogens with one attached hydrogen (secondary N) is 1. The van der Waals surface area contributed by atoms with E-state index in [-0.39, 0.29) is 11.7 Å². The van der Waals surface area contributed by atoms with Gasteiger partial charge in [0.2, 0.25) is 0 Å². The summed E-state index contributed by atoms with van der Waals surface area (Å²) in [6.45, 7) is 8.26. The molecule has 2 aliphatic heterocycles. The summed E-state index contributed by atoms with van der Waals surface area (Å²) in [7, 11) is 0. The lowest BCUT2D eigenvalue weighted by Crippen LogP contribution is -2.49. The van der Waals surface area contributed by atoms with E-state index in [1.165, 1.54) is 11.1 Å². The van der Waals surface area contributed by atoms with E-state index in [1.54, 1.807) is 0 Å². The number of hydrogen-bond donors (Lipinski definition) is 1. The molecule has 0 aromatic heterocycles. The minimum Gasteiger partial charge on any atom is -0.487 e. The summed E-state index contributed by atoms with van der Waals surface area (Å²) < 4.78 is 12.1. The van der Waals surface area contributed by atoms with Crippen molar-refractivity contribution in [1.82, 2.24) is 5.32 Å². The number of rotatable bonds is 2. The van der Waals surface area contributed by atoms with Crippen LogP contribution < -0.4 is 10.1 Å². The van der Waals surface area contributed by atoms with Crippen LogP contribution in [-0.2, 0) is 4.74 Å². The van der Waals surface area contributed by atoms with Gasteiger partial charge in [0, 0.05) is 30.9 Å². The van der Waals surface area contributed by atoms with Crippen LogP contribution in [0.5, 0.6) is 5.75 Å². The van der Waals surface area contributed by atoms with Crippen molar-refractivity contribution >= 4 is 0 Å². The minimum atomic E-state index is -0.0488. The van der Waals surface area contributed by atoms with Crippen LogP contribution in [0.4, 0.5) is 0 Å². The molecule has 1 saturated heterocycles. The maximum absolute atomic E-state index is 6.44. The lowest BCUT2D eigenvalue weighted by molar-refractivity contribution is -0.0966. The van der Waals surface area contributed by atoms with Crippen LogP contribution in [0.15, 0.2) is 18.2 Å². The standard InChI is InChI=1S/C17H25NO2/c1-4-18-15-11-17(7-8-19-13(3)10-17)20-16-6-5-12(2)9-14(15)16/h5-6,9,13,15,18H,4,7-8,10-11H2,1-3H3. The average molecular weight is 275 g/mol. The van der Waals surface area contributed by atoms with Crippen molar-refractivity contribution < 1.29 is 9.47 Å². The third-order valence-electron chi connectivity index (χ3n) is 4.51. The van der Waals surface area contributed by atoms with Gasteiger partial charge in [0.05, 0.1) is 12.7 Å². The molecule has 1 aromatic carbocycles. The second-order valence-electron chi connectivity index (χ2n) is 6.28. The molecular weight excluding hydrogens is 250 g/mol. The Balaban J connectivity index is 1.94. The Bertz CT molecular complexity index is 488. The Hall–Kier alpha value is -1.06. The Morgan fingerprint density at radius 1 is 1.35 bits per heavy atom. The van der Waals surface area contributed by atoms with Crippen LogP contribution in [0.3, 0.4) is 0 Å². The molecule has 3 unspecified atom stereocenters. The minimum absolute atomic E-state index is 0.0488. The van der Waals surface area contributed by atoms with Gasteiger partial charge < -0.3 is 14.8 Å². The predicted octanol–water partition coefficient (Wildman–Crippen LogP) is 3.37. The molecule has 0 aliphatic carbocycles. The normalized spacial score (nSPS) is 32.8. The van der Waals surface area contributed by atoms with E-state index in [0.717, 1.165) is 38.2 Å².